The Balaban J connectivity index is 1.11. The van der Waals surface area contributed by atoms with Gasteiger partial charge in [-0.15, -0.1) is 0 Å². The van der Waals surface area contributed by atoms with Gasteiger partial charge in [0.2, 0.25) is 0 Å². The Morgan fingerprint density at radius 2 is 1.51 bits per heavy atom. The van der Waals surface area contributed by atoms with Crippen molar-refractivity contribution >= 4 is 29.1 Å². The number of benzene rings is 3. The number of likely N-dealkylation sites (tertiary alicyclic amines) is 1. The Morgan fingerprint density at radius 3 is 2.12 bits per heavy atom. The number of ether oxygens (including phenoxy) is 2. The number of amides is 2. The van der Waals surface area contributed by atoms with Crippen LogP contribution in [0.25, 0.3) is 0 Å². The van der Waals surface area contributed by atoms with Gasteiger partial charge in [-0.2, -0.15) is 0 Å². The van der Waals surface area contributed by atoms with Crippen molar-refractivity contribution in [2.75, 3.05) is 58.4 Å². The topological polar surface area (TPSA) is 94.6 Å². The highest BCUT2D eigenvalue weighted by Crippen LogP contribution is 2.28. The van der Waals surface area contributed by atoms with Gasteiger partial charge >= 0.3 is 0 Å². The number of anilines is 1. The number of nitrogens with one attached hydrogen (secondary N) is 1. The fraction of sp³-hybridized carbons (Fsp3) is 0.394. The van der Waals surface area contributed by atoms with Gasteiger partial charge in [-0.3, -0.25) is 14.5 Å². The second kappa shape index (κ2) is 14.1. The van der Waals surface area contributed by atoms with E-state index < -0.39 is 6.10 Å². The van der Waals surface area contributed by atoms with Crippen LogP contribution in [0.4, 0.5) is 5.69 Å². The summed E-state index contributed by atoms with van der Waals surface area (Å²) >= 11 is 6.51. The molecule has 2 amide bonds. The molecule has 2 aliphatic rings. The van der Waals surface area contributed by atoms with Crippen LogP contribution in [-0.2, 0) is 17.9 Å². The highest BCUT2D eigenvalue weighted by molar-refractivity contribution is 6.31. The number of carbonyl (C=O) groups is 2. The van der Waals surface area contributed by atoms with Gasteiger partial charge in [-0.25, -0.2) is 0 Å². The molecule has 1 unspecified atom stereocenters. The van der Waals surface area contributed by atoms with Gasteiger partial charge < -0.3 is 29.7 Å². The number of aliphatic hydroxyl groups excluding tert-OH is 1. The lowest BCUT2D eigenvalue weighted by Gasteiger charge is -2.37. The standard InChI is InChI=1S/C33H39ClN4O5/c1-42-27-17-24(18-28(20-27)43-2)21-35-32(40)25-6-8-26(9-7-25)37-13-15-38(16-14-37)33(41)31(39)29-10-5-23(19-30(29)34)22-36-11-3-4-12-36/h5-10,17-20,31,39H,3-4,11-16,21-22H2,1-2H3,(H,35,40). The molecule has 2 saturated heterocycles. The summed E-state index contributed by atoms with van der Waals surface area (Å²) in [6.07, 6.45) is 1.14. The number of rotatable bonds is 10. The van der Waals surface area contributed by atoms with E-state index in [2.05, 4.69) is 15.1 Å². The van der Waals surface area contributed by atoms with Crippen LogP contribution in [0.3, 0.4) is 0 Å². The van der Waals surface area contributed by atoms with Gasteiger partial charge in [0.25, 0.3) is 11.8 Å². The molecule has 2 N–H and O–H groups in total. The first-order valence-corrected chi connectivity index (χ1v) is 15.0. The van der Waals surface area contributed by atoms with E-state index in [-0.39, 0.29) is 11.8 Å². The molecule has 0 aliphatic carbocycles. The minimum atomic E-state index is -1.30. The number of hydrogen-bond acceptors (Lipinski definition) is 7. The van der Waals surface area contributed by atoms with Crippen molar-refractivity contribution in [2.45, 2.75) is 32.0 Å². The summed E-state index contributed by atoms with van der Waals surface area (Å²) in [4.78, 5) is 32.1. The van der Waals surface area contributed by atoms with Crippen LogP contribution in [0.2, 0.25) is 5.02 Å². The summed E-state index contributed by atoms with van der Waals surface area (Å²) in [6, 6.07) is 18.5. The number of aliphatic hydroxyl groups is 1. The van der Waals surface area contributed by atoms with Crippen molar-refractivity contribution in [3.05, 3.63) is 87.9 Å². The van der Waals surface area contributed by atoms with Crippen LogP contribution < -0.4 is 19.7 Å². The fourth-order valence-electron chi connectivity index (χ4n) is 5.66. The van der Waals surface area contributed by atoms with E-state index in [0.29, 0.717) is 60.4 Å². The van der Waals surface area contributed by atoms with Gasteiger partial charge in [0, 0.05) is 67.2 Å². The zero-order chi connectivity index (χ0) is 30.3. The quantitative estimate of drug-likeness (QED) is 0.356. The number of hydrogen-bond donors (Lipinski definition) is 2. The molecule has 2 heterocycles. The number of carbonyl (C=O) groups excluding carboxylic acids is 2. The normalized spacial score (nSPS) is 16.2. The zero-order valence-electron chi connectivity index (χ0n) is 24.7. The van der Waals surface area contributed by atoms with Crippen molar-refractivity contribution in [3.63, 3.8) is 0 Å². The zero-order valence-corrected chi connectivity index (χ0v) is 25.5. The molecule has 3 aromatic carbocycles. The fourth-order valence-corrected chi connectivity index (χ4v) is 5.96. The molecule has 9 nitrogen and oxygen atoms in total. The van der Waals surface area contributed by atoms with E-state index in [1.165, 1.54) is 12.8 Å². The Morgan fingerprint density at radius 1 is 0.860 bits per heavy atom. The maximum atomic E-state index is 13.1. The lowest BCUT2D eigenvalue weighted by Crippen LogP contribution is -2.50. The van der Waals surface area contributed by atoms with Gasteiger partial charge in [-0.1, -0.05) is 23.7 Å². The monoisotopic (exact) mass is 606 g/mol. The van der Waals surface area contributed by atoms with Crippen LogP contribution in [0, 0.1) is 0 Å². The van der Waals surface area contributed by atoms with E-state index in [4.69, 9.17) is 21.1 Å². The van der Waals surface area contributed by atoms with Crippen molar-refractivity contribution in [1.82, 2.24) is 15.1 Å². The first-order valence-electron chi connectivity index (χ1n) is 14.7. The van der Waals surface area contributed by atoms with Crippen molar-refractivity contribution < 1.29 is 24.2 Å². The van der Waals surface area contributed by atoms with Crippen LogP contribution in [0.1, 0.15) is 46.0 Å². The second-order valence-electron chi connectivity index (χ2n) is 11.0. The lowest BCUT2D eigenvalue weighted by atomic mass is 10.0. The van der Waals surface area contributed by atoms with Gasteiger partial charge in [0.15, 0.2) is 6.10 Å². The molecular weight excluding hydrogens is 568 g/mol. The molecule has 1 atom stereocenters. The van der Waals surface area contributed by atoms with Crippen molar-refractivity contribution in [2.24, 2.45) is 0 Å². The Kier molecular flexibility index (Phi) is 10.1. The third kappa shape index (κ3) is 7.60. The largest absolute Gasteiger partial charge is 0.497 e. The van der Waals surface area contributed by atoms with Crippen molar-refractivity contribution in [1.29, 1.82) is 0 Å². The third-order valence-electron chi connectivity index (χ3n) is 8.15. The highest BCUT2D eigenvalue weighted by atomic mass is 35.5. The summed E-state index contributed by atoms with van der Waals surface area (Å²) in [7, 11) is 3.18. The summed E-state index contributed by atoms with van der Waals surface area (Å²) in [5.74, 6) is 0.806. The van der Waals surface area contributed by atoms with Gasteiger partial charge in [-0.05, 0) is 79.5 Å². The van der Waals surface area contributed by atoms with Gasteiger partial charge in [0.05, 0.1) is 14.2 Å². The second-order valence-corrected chi connectivity index (χ2v) is 11.4. The summed E-state index contributed by atoms with van der Waals surface area (Å²) < 4.78 is 10.6. The van der Waals surface area contributed by atoms with E-state index in [1.807, 2.05) is 36.4 Å². The average molecular weight is 607 g/mol. The van der Waals surface area contributed by atoms with E-state index in [1.54, 1.807) is 43.4 Å². The van der Waals surface area contributed by atoms with Crippen LogP contribution in [-0.4, -0.2) is 80.2 Å². The average Bonchev–Trinajstić information content (AvgIpc) is 3.56. The highest BCUT2D eigenvalue weighted by Gasteiger charge is 2.29. The minimum absolute atomic E-state index is 0.180. The lowest BCUT2D eigenvalue weighted by molar-refractivity contribution is -0.140. The van der Waals surface area contributed by atoms with E-state index in [0.717, 1.165) is 36.4 Å². The minimum Gasteiger partial charge on any atom is -0.497 e. The maximum absolute atomic E-state index is 13.1. The molecule has 2 aliphatic heterocycles. The summed E-state index contributed by atoms with van der Waals surface area (Å²) in [5, 5.41) is 14.2. The Hall–Kier alpha value is -3.79. The predicted octanol–water partition coefficient (Wildman–Crippen LogP) is 4.27. The molecule has 3 aromatic rings. The molecule has 0 radical (unpaired) electrons. The molecule has 43 heavy (non-hydrogen) atoms. The van der Waals surface area contributed by atoms with Crippen LogP contribution in [0.15, 0.2) is 60.7 Å². The Labute approximate surface area is 257 Å². The molecule has 0 bridgehead atoms. The van der Waals surface area contributed by atoms with E-state index >= 15 is 0 Å². The number of nitrogens with zero attached hydrogens (tertiary/aromatic N) is 3. The molecule has 10 heteroatoms. The smallest absolute Gasteiger partial charge is 0.256 e. The molecule has 0 aromatic heterocycles. The summed E-state index contributed by atoms with van der Waals surface area (Å²) in [5.41, 5.74) is 3.93. The number of halogens is 1. The molecule has 0 spiro atoms. The van der Waals surface area contributed by atoms with E-state index in [9.17, 15) is 14.7 Å². The summed E-state index contributed by atoms with van der Waals surface area (Å²) in [6.45, 7) is 5.54. The van der Waals surface area contributed by atoms with Crippen LogP contribution in [0.5, 0.6) is 11.5 Å². The molecule has 2 fully saturated rings. The third-order valence-corrected chi connectivity index (χ3v) is 8.48. The van der Waals surface area contributed by atoms with Crippen molar-refractivity contribution in [3.8, 4) is 11.5 Å². The SMILES string of the molecule is COc1cc(CNC(=O)c2ccc(N3CCN(C(=O)C(O)c4ccc(CN5CCCC5)cc4Cl)CC3)cc2)cc(OC)c1. The Bertz CT molecular complexity index is 1400. The molecule has 0 saturated carbocycles. The van der Waals surface area contributed by atoms with Crippen LogP contribution >= 0.6 is 11.6 Å². The first-order chi connectivity index (χ1) is 20.8. The molecule has 228 valence electrons. The van der Waals surface area contributed by atoms with Gasteiger partial charge in [0.1, 0.15) is 11.5 Å². The molecule has 5 rings (SSSR count). The maximum Gasteiger partial charge on any atom is 0.256 e. The first kappa shape index (κ1) is 30.7. The molecular formula is C33H39ClN4O5. The number of piperazine rings is 1. The number of methoxy groups -OCH3 is 2. The predicted molar refractivity (Wildman–Crippen MR) is 167 cm³/mol.